The largest absolute Gasteiger partial charge is 0.482 e. The molecule has 0 bridgehead atoms. The van der Waals surface area contributed by atoms with Crippen LogP contribution in [0.4, 0.5) is 5.69 Å². The molecule has 0 aliphatic carbocycles. The van der Waals surface area contributed by atoms with Gasteiger partial charge in [0, 0.05) is 19.0 Å². The lowest BCUT2D eigenvalue weighted by Gasteiger charge is -2.24. The number of anilines is 1. The Bertz CT molecular complexity index is 599. The molecule has 1 aromatic carbocycles. The van der Waals surface area contributed by atoms with E-state index in [0.717, 1.165) is 12.1 Å². The van der Waals surface area contributed by atoms with Crippen LogP contribution in [-0.2, 0) is 14.3 Å². The first-order chi connectivity index (χ1) is 11.1. The molecule has 124 valence electrons. The zero-order chi connectivity index (χ0) is 16.2. The molecule has 0 radical (unpaired) electrons. The Kier molecular flexibility index (Phi) is 4.78. The normalized spacial score (nSPS) is 21.6. The number of morpholine rings is 1. The number of carbonyl (C=O) groups is 2. The van der Waals surface area contributed by atoms with Gasteiger partial charge >= 0.3 is 0 Å². The van der Waals surface area contributed by atoms with E-state index in [9.17, 15) is 9.59 Å². The van der Waals surface area contributed by atoms with Gasteiger partial charge in [0.15, 0.2) is 6.61 Å². The van der Waals surface area contributed by atoms with E-state index in [-0.39, 0.29) is 30.5 Å². The average Bonchev–Trinajstić information content (AvgIpc) is 2.54. The summed E-state index contributed by atoms with van der Waals surface area (Å²) in [7, 11) is 0. The summed E-state index contributed by atoms with van der Waals surface area (Å²) in [5, 5.41) is 9.00. The van der Waals surface area contributed by atoms with Crippen LogP contribution in [0.3, 0.4) is 0 Å². The van der Waals surface area contributed by atoms with Gasteiger partial charge in [0.2, 0.25) is 5.91 Å². The summed E-state index contributed by atoms with van der Waals surface area (Å²) in [6, 6.07) is 5.44. The predicted octanol–water partition coefficient (Wildman–Crippen LogP) is 0.573. The number of fused-ring (bicyclic) bond motifs is 1. The standard InChI is InChI=1S/C16H21N3O4/c1-10(18-15(20)7-12-8-22-5-4-17-12)11-2-3-14-13(6-11)19-16(21)9-23-14/h2-3,6,10,12,17H,4-5,7-9H2,1H3,(H,18,20)(H,19,21). The highest BCUT2D eigenvalue weighted by molar-refractivity contribution is 5.95. The van der Waals surface area contributed by atoms with Crippen LogP contribution < -0.4 is 20.7 Å². The Balaban J connectivity index is 1.59. The molecule has 2 unspecified atom stereocenters. The molecule has 7 nitrogen and oxygen atoms in total. The summed E-state index contributed by atoms with van der Waals surface area (Å²) in [6.07, 6.45) is 0.384. The van der Waals surface area contributed by atoms with E-state index in [0.29, 0.717) is 31.1 Å². The van der Waals surface area contributed by atoms with E-state index in [1.54, 1.807) is 0 Å². The van der Waals surface area contributed by atoms with Crippen molar-refractivity contribution in [2.75, 3.05) is 31.7 Å². The minimum absolute atomic E-state index is 0.0292. The van der Waals surface area contributed by atoms with E-state index >= 15 is 0 Å². The maximum Gasteiger partial charge on any atom is 0.262 e. The van der Waals surface area contributed by atoms with Gasteiger partial charge in [0.25, 0.3) is 5.91 Å². The summed E-state index contributed by atoms with van der Waals surface area (Å²) in [5.74, 6) is 0.448. The Labute approximate surface area is 134 Å². The molecular weight excluding hydrogens is 298 g/mol. The van der Waals surface area contributed by atoms with Crippen LogP contribution in [0, 0.1) is 0 Å². The molecule has 0 aromatic heterocycles. The van der Waals surface area contributed by atoms with Crippen LogP contribution in [-0.4, -0.2) is 44.2 Å². The van der Waals surface area contributed by atoms with Crippen molar-refractivity contribution in [2.24, 2.45) is 0 Å². The molecule has 23 heavy (non-hydrogen) atoms. The van der Waals surface area contributed by atoms with Gasteiger partial charge in [-0.1, -0.05) is 6.07 Å². The number of hydrogen-bond acceptors (Lipinski definition) is 5. The summed E-state index contributed by atoms with van der Waals surface area (Å²) in [4.78, 5) is 23.5. The van der Waals surface area contributed by atoms with Crippen LogP contribution in [0.2, 0.25) is 0 Å². The van der Waals surface area contributed by atoms with Gasteiger partial charge in [-0.2, -0.15) is 0 Å². The van der Waals surface area contributed by atoms with E-state index in [2.05, 4.69) is 16.0 Å². The quantitative estimate of drug-likeness (QED) is 0.755. The van der Waals surface area contributed by atoms with Crippen molar-refractivity contribution in [1.29, 1.82) is 0 Å². The van der Waals surface area contributed by atoms with Crippen LogP contribution >= 0.6 is 0 Å². The molecule has 2 atom stereocenters. The number of rotatable bonds is 4. The van der Waals surface area contributed by atoms with Gasteiger partial charge < -0.3 is 25.4 Å². The van der Waals surface area contributed by atoms with Crippen LogP contribution in [0.1, 0.15) is 24.9 Å². The van der Waals surface area contributed by atoms with E-state index in [1.807, 2.05) is 25.1 Å². The van der Waals surface area contributed by atoms with Crippen molar-refractivity contribution >= 4 is 17.5 Å². The maximum atomic E-state index is 12.1. The molecule has 1 aromatic rings. The minimum atomic E-state index is -0.172. The number of carbonyl (C=O) groups excluding carboxylic acids is 2. The Morgan fingerprint density at radius 1 is 1.48 bits per heavy atom. The van der Waals surface area contributed by atoms with Crippen molar-refractivity contribution in [2.45, 2.75) is 25.4 Å². The second kappa shape index (κ2) is 6.97. The number of nitrogens with one attached hydrogen (secondary N) is 3. The summed E-state index contributed by atoms with van der Waals surface area (Å²) in [5.41, 5.74) is 1.55. The number of benzene rings is 1. The second-order valence-corrected chi connectivity index (χ2v) is 5.81. The minimum Gasteiger partial charge on any atom is -0.482 e. The van der Waals surface area contributed by atoms with E-state index < -0.39 is 0 Å². The molecule has 2 aliphatic heterocycles. The Morgan fingerprint density at radius 2 is 2.35 bits per heavy atom. The maximum absolute atomic E-state index is 12.1. The monoisotopic (exact) mass is 319 g/mol. The van der Waals surface area contributed by atoms with Crippen LogP contribution in [0.25, 0.3) is 0 Å². The SMILES string of the molecule is CC(NC(=O)CC1COCCN1)c1ccc2c(c1)NC(=O)CO2. The van der Waals surface area contributed by atoms with Crippen molar-refractivity contribution in [3.05, 3.63) is 23.8 Å². The molecule has 3 rings (SSSR count). The molecule has 1 saturated heterocycles. The highest BCUT2D eigenvalue weighted by Crippen LogP contribution is 2.30. The fraction of sp³-hybridized carbons (Fsp3) is 0.500. The third-order valence-corrected chi connectivity index (χ3v) is 3.94. The second-order valence-electron chi connectivity index (χ2n) is 5.81. The average molecular weight is 319 g/mol. The highest BCUT2D eigenvalue weighted by atomic mass is 16.5. The first-order valence-electron chi connectivity index (χ1n) is 7.79. The van der Waals surface area contributed by atoms with Crippen molar-refractivity contribution in [3.8, 4) is 5.75 Å². The first-order valence-corrected chi connectivity index (χ1v) is 7.79. The molecule has 7 heteroatoms. The van der Waals surface area contributed by atoms with E-state index in [1.165, 1.54) is 0 Å². The molecule has 2 amide bonds. The van der Waals surface area contributed by atoms with Gasteiger partial charge in [-0.15, -0.1) is 0 Å². The lowest BCUT2D eigenvalue weighted by molar-refractivity contribution is -0.123. The van der Waals surface area contributed by atoms with Crippen molar-refractivity contribution in [3.63, 3.8) is 0 Å². The molecule has 2 heterocycles. The summed E-state index contributed by atoms with van der Waals surface area (Å²) in [6.45, 7) is 3.98. The zero-order valence-corrected chi connectivity index (χ0v) is 13.1. The molecule has 0 spiro atoms. The highest BCUT2D eigenvalue weighted by Gasteiger charge is 2.20. The first kappa shape index (κ1) is 15.8. The molecule has 1 fully saturated rings. The van der Waals surface area contributed by atoms with Gasteiger partial charge in [-0.25, -0.2) is 0 Å². The third-order valence-electron chi connectivity index (χ3n) is 3.94. The van der Waals surface area contributed by atoms with Gasteiger partial charge in [0.05, 0.1) is 24.9 Å². The van der Waals surface area contributed by atoms with Crippen molar-refractivity contribution in [1.82, 2.24) is 10.6 Å². The summed E-state index contributed by atoms with van der Waals surface area (Å²) < 4.78 is 10.7. The lowest BCUT2D eigenvalue weighted by atomic mass is 10.1. The summed E-state index contributed by atoms with van der Waals surface area (Å²) >= 11 is 0. The van der Waals surface area contributed by atoms with Crippen LogP contribution in [0.5, 0.6) is 5.75 Å². The third kappa shape index (κ3) is 4.00. The molecular formula is C16H21N3O4. The van der Waals surface area contributed by atoms with Crippen LogP contribution in [0.15, 0.2) is 18.2 Å². The van der Waals surface area contributed by atoms with Gasteiger partial charge in [-0.05, 0) is 24.6 Å². The number of hydrogen-bond donors (Lipinski definition) is 3. The number of amides is 2. The zero-order valence-electron chi connectivity index (χ0n) is 13.1. The topological polar surface area (TPSA) is 88.7 Å². The fourth-order valence-corrected chi connectivity index (χ4v) is 2.73. The lowest BCUT2D eigenvalue weighted by Crippen LogP contribution is -2.44. The molecule has 3 N–H and O–H groups in total. The van der Waals surface area contributed by atoms with Gasteiger partial charge in [-0.3, -0.25) is 9.59 Å². The smallest absolute Gasteiger partial charge is 0.262 e. The predicted molar refractivity (Wildman–Crippen MR) is 84.4 cm³/mol. The van der Waals surface area contributed by atoms with Crippen molar-refractivity contribution < 1.29 is 19.1 Å². The van der Waals surface area contributed by atoms with E-state index in [4.69, 9.17) is 9.47 Å². The molecule has 2 aliphatic rings. The molecule has 0 saturated carbocycles. The Hall–Kier alpha value is -2.12. The Morgan fingerprint density at radius 3 is 3.13 bits per heavy atom. The van der Waals surface area contributed by atoms with Gasteiger partial charge in [0.1, 0.15) is 5.75 Å². The number of ether oxygens (including phenoxy) is 2. The fourth-order valence-electron chi connectivity index (χ4n) is 2.73.